The molecule has 0 amide bonds. The van der Waals surface area contributed by atoms with Crippen LogP contribution in [0.25, 0.3) is 0 Å². The van der Waals surface area contributed by atoms with Crippen LogP contribution in [-0.4, -0.2) is 12.2 Å². The molecule has 0 fully saturated rings. The lowest BCUT2D eigenvalue weighted by Crippen LogP contribution is -1.81. The number of rotatable bonds is 0. The van der Waals surface area contributed by atoms with Crippen LogP contribution >= 0.6 is 67.8 Å². The van der Waals surface area contributed by atoms with E-state index < -0.39 is 0 Å². The molecule has 1 N–H and O–H groups in total. The largest absolute Gasteiger partial charge is 0.400 e. The Morgan fingerprint density at radius 2 is 1.36 bits per heavy atom. The van der Waals surface area contributed by atoms with E-state index in [0.717, 1.165) is 7.11 Å². The zero-order valence-electron chi connectivity index (χ0n) is 5.81. The lowest BCUT2D eigenvalue weighted by Gasteiger charge is -1.95. The molecule has 1 aromatic carbocycles. The van der Waals surface area contributed by atoms with Gasteiger partial charge in [0.05, 0.1) is 0 Å². The van der Waals surface area contributed by atoms with Gasteiger partial charge in [-0.25, -0.2) is 0 Å². The van der Waals surface area contributed by atoms with Gasteiger partial charge < -0.3 is 5.11 Å². The first kappa shape index (κ1) is 12.4. The summed E-state index contributed by atoms with van der Waals surface area (Å²) in [4.78, 5) is 0. The molecule has 62 valence electrons. The van der Waals surface area contributed by atoms with Crippen molar-refractivity contribution < 1.29 is 5.11 Å². The topological polar surface area (TPSA) is 20.2 Å². The van der Waals surface area contributed by atoms with Gasteiger partial charge in [-0.05, 0) is 79.9 Å². The molecule has 1 nitrogen and oxygen atoms in total. The maximum Gasteiger partial charge on any atom is 0.0397 e. The molecule has 0 spiro atoms. The minimum atomic E-state index is 1.00. The monoisotopic (exact) mass is 488 g/mol. The number of aliphatic hydroxyl groups excluding tert-OH is 1. The molecular formula is C7H7I3O. The number of aliphatic hydroxyl groups is 1. The van der Waals surface area contributed by atoms with Crippen LogP contribution in [0.4, 0.5) is 0 Å². The van der Waals surface area contributed by atoms with Crippen LogP contribution in [0.15, 0.2) is 18.2 Å². The van der Waals surface area contributed by atoms with Crippen LogP contribution in [0.3, 0.4) is 0 Å². The van der Waals surface area contributed by atoms with E-state index in [9.17, 15) is 0 Å². The second-order valence-corrected chi connectivity index (χ2v) is 4.94. The molecule has 0 bridgehead atoms. The van der Waals surface area contributed by atoms with Crippen LogP contribution < -0.4 is 0 Å². The lowest BCUT2D eigenvalue weighted by molar-refractivity contribution is 0.399. The predicted molar refractivity (Wildman–Crippen MR) is 72.7 cm³/mol. The fraction of sp³-hybridized carbons (Fsp3) is 0.143. The van der Waals surface area contributed by atoms with Gasteiger partial charge in [-0.2, -0.15) is 0 Å². The van der Waals surface area contributed by atoms with Crippen molar-refractivity contribution in [3.63, 3.8) is 0 Å². The minimum absolute atomic E-state index is 1.00. The smallest absolute Gasteiger partial charge is 0.0397 e. The van der Waals surface area contributed by atoms with E-state index in [0.29, 0.717) is 0 Å². The predicted octanol–water partition coefficient (Wildman–Crippen LogP) is 3.11. The third kappa shape index (κ3) is 4.23. The Kier molecular flexibility index (Phi) is 7.69. The van der Waals surface area contributed by atoms with E-state index in [4.69, 9.17) is 5.11 Å². The molecule has 0 saturated heterocycles. The average Bonchev–Trinajstić information content (AvgIpc) is 2.04. The highest BCUT2D eigenvalue weighted by atomic mass is 127. The van der Waals surface area contributed by atoms with Gasteiger partial charge in [-0.1, -0.05) is 6.07 Å². The van der Waals surface area contributed by atoms with E-state index in [2.05, 4.69) is 86.0 Å². The zero-order valence-corrected chi connectivity index (χ0v) is 12.3. The van der Waals surface area contributed by atoms with Crippen LogP contribution in [0, 0.1) is 10.7 Å². The summed E-state index contributed by atoms with van der Waals surface area (Å²) < 4.78 is 4.02. The Bertz CT molecular complexity index is 205. The molecule has 0 heterocycles. The Hall–Kier alpha value is 1.37. The van der Waals surface area contributed by atoms with Crippen molar-refractivity contribution in [3.05, 3.63) is 28.9 Å². The van der Waals surface area contributed by atoms with Gasteiger partial charge >= 0.3 is 0 Å². The third-order valence-corrected chi connectivity index (χ3v) is 5.93. The van der Waals surface area contributed by atoms with Crippen molar-refractivity contribution in [3.8, 4) is 0 Å². The molecule has 0 radical (unpaired) electrons. The maximum absolute atomic E-state index is 7.00. The number of hydrogen-bond acceptors (Lipinski definition) is 1. The van der Waals surface area contributed by atoms with Crippen molar-refractivity contribution in [1.29, 1.82) is 0 Å². The summed E-state index contributed by atoms with van der Waals surface area (Å²) in [5.74, 6) is 0. The summed E-state index contributed by atoms with van der Waals surface area (Å²) in [6, 6.07) is 6.31. The molecule has 1 aromatic rings. The van der Waals surface area contributed by atoms with Crippen molar-refractivity contribution in [2.24, 2.45) is 0 Å². The molecule has 1 rings (SSSR count). The Labute approximate surface area is 107 Å². The Morgan fingerprint density at radius 3 is 1.64 bits per heavy atom. The fourth-order valence-corrected chi connectivity index (χ4v) is 2.35. The molecule has 0 unspecified atom stereocenters. The Morgan fingerprint density at radius 1 is 1.00 bits per heavy atom. The molecule has 0 saturated carbocycles. The summed E-state index contributed by atoms with van der Waals surface area (Å²) in [5.41, 5.74) is 0. The Balaban J connectivity index is 0.000000461. The summed E-state index contributed by atoms with van der Waals surface area (Å²) in [5, 5.41) is 7.00. The molecule has 0 atom stereocenters. The number of hydrogen-bond donors (Lipinski definition) is 1. The van der Waals surface area contributed by atoms with E-state index in [1.165, 1.54) is 10.7 Å². The molecular weight excluding hydrogens is 481 g/mol. The third-order valence-electron chi connectivity index (χ3n) is 0.904. The van der Waals surface area contributed by atoms with Crippen LogP contribution in [-0.2, 0) is 0 Å². The summed E-state index contributed by atoms with van der Waals surface area (Å²) >= 11 is 7.03. The van der Waals surface area contributed by atoms with Gasteiger partial charge in [0.1, 0.15) is 0 Å². The summed E-state index contributed by atoms with van der Waals surface area (Å²) in [7, 11) is 1.00. The average molecular weight is 488 g/mol. The van der Waals surface area contributed by atoms with Gasteiger partial charge in [0.2, 0.25) is 0 Å². The quantitative estimate of drug-likeness (QED) is 0.440. The summed E-state index contributed by atoms with van der Waals surface area (Å²) in [6.07, 6.45) is 0. The lowest BCUT2D eigenvalue weighted by atomic mass is 10.4. The second-order valence-electron chi connectivity index (χ2n) is 1.54. The van der Waals surface area contributed by atoms with Crippen LogP contribution in [0.1, 0.15) is 0 Å². The van der Waals surface area contributed by atoms with Crippen LogP contribution in [0.2, 0.25) is 0 Å². The van der Waals surface area contributed by atoms with Crippen LogP contribution in [0.5, 0.6) is 0 Å². The van der Waals surface area contributed by atoms with E-state index >= 15 is 0 Å². The van der Waals surface area contributed by atoms with Gasteiger partial charge in [0.15, 0.2) is 0 Å². The summed E-state index contributed by atoms with van der Waals surface area (Å²) in [6.45, 7) is 0. The first-order valence-electron chi connectivity index (χ1n) is 2.76. The van der Waals surface area contributed by atoms with Crippen molar-refractivity contribution in [2.45, 2.75) is 0 Å². The number of halogens is 3. The first-order chi connectivity index (χ1) is 5.22. The van der Waals surface area contributed by atoms with Gasteiger partial charge in [0, 0.05) is 17.8 Å². The second kappa shape index (κ2) is 6.84. The highest BCUT2D eigenvalue weighted by molar-refractivity contribution is 14.1. The molecule has 0 aromatic heterocycles. The van der Waals surface area contributed by atoms with Gasteiger partial charge in [0.25, 0.3) is 0 Å². The highest BCUT2D eigenvalue weighted by Gasteiger charge is 1.96. The van der Waals surface area contributed by atoms with Crippen molar-refractivity contribution >= 4 is 67.8 Å². The van der Waals surface area contributed by atoms with E-state index in [-0.39, 0.29) is 0 Å². The minimum Gasteiger partial charge on any atom is -0.400 e. The zero-order chi connectivity index (χ0) is 8.85. The fourth-order valence-electron chi connectivity index (χ4n) is 0.477. The molecule has 4 heteroatoms. The normalized spacial score (nSPS) is 8.45. The van der Waals surface area contributed by atoms with Gasteiger partial charge in [-0.15, -0.1) is 0 Å². The molecule has 11 heavy (non-hydrogen) atoms. The highest BCUT2D eigenvalue weighted by Crippen LogP contribution is 2.19. The first-order valence-corrected chi connectivity index (χ1v) is 5.99. The van der Waals surface area contributed by atoms with E-state index in [1.807, 2.05) is 0 Å². The SMILES string of the molecule is CO.Ic1cccc(I)c1I. The van der Waals surface area contributed by atoms with Gasteiger partial charge in [-0.3, -0.25) is 0 Å². The standard InChI is InChI=1S/C6H3I3.CH4O/c7-4-2-1-3-5(8)6(4)9;1-2/h1-3H;2H,1H3. The van der Waals surface area contributed by atoms with Crippen molar-refractivity contribution in [1.82, 2.24) is 0 Å². The van der Waals surface area contributed by atoms with E-state index in [1.54, 1.807) is 0 Å². The van der Waals surface area contributed by atoms with Crippen molar-refractivity contribution in [2.75, 3.05) is 7.11 Å². The maximum atomic E-state index is 7.00. The molecule has 0 aliphatic heterocycles. The molecule has 0 aliphatic rings. The number of benzene rings is 1. The molecule has 0 aliphatic carbocycles.